The molecule has 0 saturated carbocycles. The Labute approximate surface area is 108 Å². The molecule has 0 aliphatic carbocycles. The van der Waals surface area contributed by atoms with Gasteiger partial charge in [0, 0.05) is 25.7 Å². The molecule has 108 valence electrons. The molecule has 0 amide bonds. The number of nitrogens with one attached hydrogen (secondary N) is 1. The maximum atomic E-state index is 12.7. The lowest BCUT2D eigenvalue weighted by Crippen LogP contribution is -2.53. The normalized spacial score (nSPS) is 24.9. The molecule has 0 aromatic heterocycles. The Morgan fingerprint density at radius 1 is 1.63 bits per heavy atom. The average Bonchev–Trinajstić information content (AvgIpc) is 2.37. The molecule has 0 bridgehead atoms. The Morgan fingerprint density at radius 2 is 2.32 bits per heavy atom. The van der Waals surface area contributed by atoms with E-state index < -0.39 is 18.1 Å². The van der Waals surface area contributed by atoms with Gasteiger partial charge in [-0.25, -0.2) is 9.63 Å². The lowest BCUT2D eigenvalue weighted by atomic mass is 10.00. The number of rotatable bonds is 6. The highest BCUT2D eigenvalue weighted by atomic mass is 19.3. The van der Waals surface area contributed by atoms with Gasteiger partial charge < -0.3 is 10.8 Å². The summed E-state index contributed by atoms with van der Waals surface area (Å²) in [4.78, 5) is 15.8. The van der Waals surface area contributed by atoms with E-state index in [0.29, 0.717) is 32.5 Å². The summed E-state index contributed by atoms with van der Waals surface area (Å²) in [5.74, 6) is -2.36. The van der Waals surface area contributed by atoms with Gasteiger partial charge in [-0.15, -0.1) is 0 Å². The fraction of sp³-hybridized carbons (Fsp3) is 0.800. The van der Waals surface area contributed by atoms with Crippen LogP contribution in [0.4, 0.5) is 8.78 Å². The highest BCUT2D eigenvalue weighted by molar-refractivity contribution is 5.73. The van der Waals surface area contributed by atoms with Crippen LogP contribution in [0.25, 0.3) is 0 Å². The van der Waals surface area contributed by atoms with E-state index in [0.717, 1.165) is 0 Å². The molecule has 19 heavy (non-hydrogen) atoms. The molecule has 1 aliphatic rings. The number of carbonyl (C=O) groups is 1. The number of nitriles is 1. The Kier molecular flexibility index (Phi) is 5.56. The van der Waals surface area contributed by atoms with Crippen LogP contribution in [0.5, 0.6) is 0 Å². The van der Waals surface area contributed by atoms with E-state index in [1.54, 1.807) is 4.90 Å². The molecule has 1 saturated heterocycles. The summed E-state index contributed by atoms with van der Waals surface area (Å²) in [6.45, 7) is 1.11. The zero-order valence-corrected chi connectivity index (χ0v) is 10.2. The minimum Gasteiger partial charge on any atom is -0.475 e. The molecule has 9 heteroatoms. The van der Waals surface area contributed by atoms with E-state index in [1.165, 1.54) is 0 Å². The van der Waals surface area contributed by atoms with Crippen molar-refractivity contribution in [3.63, 3.8) is 0 Å². The summed E-state index contributed by atoms with van der Waals surface area (Å²) < 4.78 is 25.4. The smallest absolute Gasteiger partial charge is 0.471 e. The van der Waals surface area contributed by atoms with Gasteiger partial charge in [-0.1, -0.05) is 0 Å². The molecule has 1 unspecified atom stereocenters. The molecule has 7 nitrogen and oxygen atoms in total. The number of hydroxylamine groups is 1. The van der Waals surface area contributed by atoms with Gasteiger partial charge in [-0.2, -0.15) is 19.5 Å². The molecule has 0 spiro atoms. The van der Waals surface area contributed by atoms with Crippen molar-refractivity contribution in [3.05, 3.63) is 0 Å². The summed E-state index contributed by atoms with van der Waals surface area (Å²) >= 11 is 0. The minimum absolute atomic E-state index is 0.297. The van der Waals surface area contributed by atoms with Crippen molar-refractivity contribution in [2.24, 2.45) is 5.73 Å². The van der Waals surface area contributed by atoms with Gasteiger partial charge in [0.2, 0.25) is 0 Å². The number of aliphatic carboxylic acids is 1. The third-order valence-electron chi connectivity index (χ3n) is 2.85. The highest BCUT2D eigenvalue weighted by Crippen LogP contribution is 2.19. The first-order chi connectivity index (χ1) is 8.90. The third-order valence-corrected chi connectivity index (χ3v) is 2.85. The molecule has 1 fully saturated rings. The summed E-state index contributed by atoms with van der Waals surface area (Å²) in [7, 11) is 0. The Hall–Kier alpha value is -1.34. The molecule has 1 heterocycles. The second kappa shape index (κ2) is 6.72. The Morgan fingerprint density at radius 3 is 2.84 bits per heavy atom. The first-order valence-corrected chi connectivity index (χ1v) is 5.79. The zero-order chi connectivity index (χ0) is 14.5. The van der Waals surface area contributed by atoms with Crippen molar-refractivity contribution in [3.8, 4) is 6.07 Å². The lowest BCUT2D eigenvalue weighted by Gasteiger charge is -2.36. The van der Waals surface area contributed by atoms with Crippen LogP contribution >= 0.6 is 0 Å². The van der Waals surface area contributed by atoms with Crippen molar-refractivity contribution >= 4 is 5.97 Å². The number of likely N-dealkylation sites (tertiary alicyclic amines) is 1. The van der Waals surface area contributed by atoms with E-state index in [-0.39, 0.29) is 6.04 Å². The van der Waals surface area contributed by atoms with Gasteiger partial charge in [-0.3, -0.25) is 4.90 Å². The largest absolute Gasteiger partial charge is 0.475 e. The second-order valence-electron chi connectivity index (χ2n) is 4.24. The molecule has 1 aliphatic heterocycles. The monoisotopic (exact) mass is 278 g/mol. The number of alkyl halides is 2. The molecule has 1 rings (SSSR count). The molecular formula is C10H16F2N4O3. The van der Waals surface area contributed by atoms with Crippen LogP contribution in [-0.2, 0) is 9.63 Å². The van der Waals surface area contributed by atoms with E-state index in [9.17, 15) is 13.6 Å². The van der Waals surface area contributed by atoms with Crippen LogP contribution in [0.3, 0.4) is 0 Å². The number of halogens is 2. The summed E-state index contributed by atoms with van der Waals surface area (Å²) in [6.07, 6.45) is -3.35. The summed E-state index contributed by atoms with van der Waals surface area (Å²) in [6, 6.07) is 1.33. The summed E-state index contributed by atoms with van der Waals surface area (Å²) in [5, 5.41) is 17.1. The fourth-order valence-corrected chi connectivity index (χ4v) is 1.90. The number of hydrogen-bond donors (Lipinski definition) is 3. The number of piperidine rings is 1. The maximum Gasteiger partial charge on any atom is 0.471 e. The van der Waals surface area contributed by atoms with Crippen LogP contribution in [0.15, 0.2) is 0 Å². The predicted molar refractivity (Wildman–Crippen MR) is 59.9 cm³/mol. The van der Waals surface area contributed by atoms with Crippen LogP contribution in [0.2, 0.25) is 0 Å². The first-order valence-electron chi connectivity index (χ1n) is 5.79. The number of hydrogen-bond acceptors (Lipinski definition) is 6. The topological polar surface area (TPSA) is 112 Å². The molecule has 0 radical (unpaired) electrons. The maximum absolute atomic E-state index is 12.7. The van der Waals surface area contributed by atoms with Crippen molar-refractivity contribution in [1.29, 1.82) is 5.26 Å². The van der Waals surface area contributed by atoms with E-state index in [1.807, 2.05) is 0 Å². The molecule has 2 atom stereocenters. The number of nitrogens with zero attached hydrogens (tertiary/aromatic N) is 2. The van der Waals surface area contributed by atoms with Gasteiger partial charge >= 0.3 is 12.1 Å². The fourth-order valence-electron chi connectivity index (χ4n) is 1.90. The van der Waals surface area contributed by atoms with Crippen LogP contribution in [0.1, 0.15) is 12.8 Å². The van der Waals surface area contributed by atoms with Crippen LogP contribution < -0.4 is 11.2 Å². The van der Waals surface area contributed by atoms with E-state index >= 15 is 0 Å². The van der Waals surface area contributed by atoms with Gasteiger partial charge in [0.05, 0.1) is 12.1 Å². The van der Waals surface area contributed by atoms with Gasteiger partial charge in [0.25, 0.3) is 0 Å². The third kappa shape index (κ3) is 4.36. The van der Waals surface area contributed by atoms with Crippen LogP contribution in [0, 0.1) is 11.3 Å². The highest BCUT2D eigenvalue weighted by Gasteiger charge is 2.42. The van der Waals surface area contributed by atoms with Gasteiger partial charge in [0.1, 0.15) is 0 Å². The van der Waals surface area contributed by atoms with E-state index in [2.05, 4.69) is 16.4 Å². The van der Waals surface area contributed by atoms with Crippen molar-refractivity contribution in [1.82, 2.24) is 10.4 Å². The van der Waals surface area contributed by atoms with E-state index in [4.69, 9.17) is 16.1 Å². The lowest BCUT2D eigenvalue weighted by molar-refractivity contribution is -0.275. The van der Waals surface area contributed by atoms with Gasteiger partial charge in [0.15, 0.2) is 0 Å². The molecule has 0 aromatic carbocycles. The second-order valence-corrected chi connectivity index (χ2v) is 4.24. The standard InChI is InChI=1S/C10H16F2N4O3/c11-10(12,9(17)18)19-15-7-1-2-8(5-14)16(6-7)4-3-13/h7-8,15H,1-4,6,13H2,(H,17,18)/t7?,8-/m0/s1. The van der Waals surface area contributed by atoms with Crippen LogP contribution in [-0.4, -0.2) is 53.8 Å². The predicted octanol–water partition coefficient (Wildman–Crippen LogP) is -0.500. The average molecular weight is 278 g/mol. The van der Waals surface area contributed by atoms with Crippen molar-refractivity contribution < 1.29 is 23.5 Å². The van der Waals surface area contributed by atoms with Crippen molar-refractivity contribution in [2.45, 2.75) is 31.0 Å². The van der Waals surface area contributed by atoms with Crippen molar-refractivity contribution in [2.75, 3.05) is 19.6 Å². The van der Waals surface area contributed by atoms with Gasteiger partial charge in [-0.05, 0) is 12.8 Å². The summed E-state index contributed by atoms with van der Waals surface area (Å²) in [5.41, 5.74) is 7.46. The Bertz CT molecular complexity index is 361. The molecule has 4 N–H and O–H groups in total. The Balaban J connectivity index is 2.49. The quantitative estimate of drug-likeness (QED) is 0.561. The minimum atomic E-state index is -4.27. The number of nitrogens with two attached hydrogens (primary N) is 1. The molecule has 0 aromatic rings. The number of carboxylic acid groups (broad SMARTS) is 1. The SMILES string of the molecule is N#C[C@@H]1CCC(NOC(F)(F)C(=O)O)CN1CCN. The molecular weight excluding hydrogens is 262 g/mol. The zero-order valence-electron chi connectivity index (χ0n) is 10.2. The first kappa shape index (κ1) is 15.7. The number of carboxylic acids is 1.